The van der Waals surface area contributed by atoms with Crippen molar-refractivity contribution in [2.45, 2.75) is 6.42 Å². The Labute approximate surface area is 75.8 Å². The molecule has 0 aliphatic carbocycles. The van der Waals surface area contributed by atoms with Gasteiger partial charge in [0.25, 0.3) is 0 Å². The van der Waals surface area contributed by atoms with Gasteiger partial charge >= 0.3 is 0 Å². The predicted octanol–water partition coefficient (Wildman–Crippen LogP) is 1.60. The molecule has 1 aliphatic heterocycles. The molecule has 0 spiro atoms. The average Bonchev–Trinajstić information content (AvgIpc) is 2.65. The van der Waals surface area contributed by atoms with Crippen LogP contribution in [0.5, 0.6) is 0 Å². The molecule has 0 saturated carbocycles. The minimum absolute atomic E-state index is 1.02. The zero-order valence-electron chi connectivity index (χ0n) is 7.12. The molecule has 1 aliphatic rings. The Balaban J connectivity index is 2.43. The quantitative estimate of drug-likeness (QED) is 0.654. The second kappa shape index (κ2) is 2.42. The molecule has 2 heterocycles. The van der Waals surface area contributed by atoms with Crippen LogP contribution < -0.4 is 5.32 Å². The SMILES string of the molecule is c1cc2ccc3c(c2nn1)CCN3. The number of nitrogens with zero attached hydrogens (tertiary/aromatic N) is 2. The Morgan fingerprint density at radius 3 is 3.23 bits per heavy atom. The molecule has 0 unspecified atom stereocenters. The number of benzene rings is 1. The Morgan fingerprint density at radius 2 is 2.23 bits per heavy atom. The Morgan fingerprint density at radius 1 is 1.23 bits per heavy atom. The lowest BCUT2D eigenvalue weighted by molar-refractivity contribution is 1.05. The van der Waals surface area contributed by atoms with Gasteiger partial charge in [-0.3, -0.25) is 0 Å². The van der Waals surface area contributed by atoms with Gasteiger partial charge in [-0.1, -0.05) is 6.07 Å². The standard InChI is InChI=1S/C10H9N3/c1-2-9-8(4-5-11-9)10-7(1)3-6-12-13-10/h1-3,6,11H,4-5H2. The molecule has 2 aromatic rings. The molecule has 1 aromatic heterocycles. The first kappa shape index (κ1) is 6.83. The number of aromatic nitrogens is 2. The smallest absolute Gasteiger partial charge is 0.0982 e. The maximum atomic E-state index is 4.16. The van der Waals surface area contributed by atoms with E-state index in [2.05, 4.69) is 27.6 Å². The summed E-state index contributed by atoms with van der Waals surface area (Å²) in [6, 6.07) is 6.20. The van der Waals surface area contributed by atoms with Crippen LogP contribution in [0, 0.1) is 0 Å². The second-order valence-corrected chi connectivity index (χ2v) is 3.24. The summed E-state index contributed by atoms with van der Waals surface area (Å²) in [7, 11) is 0. The number of fused-ring (bicyclic) bond motifs is 3. The van der Waals surface area contributed by atoms with Gasteiger partial charge in [0.2, 0.25) is 0 Å². The molecule has 3 nitrogen and oxygen atoms in total. The van der Waals surface area contributed by atoms with E-state index in [-0.39, 0.29) is 0 Å². The summed E-state index contributed by atoms with van der Waals surface area (Å²) < 4.78 is 0. The molecule has 1 aromatic carbocycles. The Bertz CT molecular complexity index is 465. The highest BCUT2D eigenvalue weighted by atomic mass is 15.1. The molecule has 3 heteroatoms. The van der Waals surface area contributed by atoms with Crippen LogP contribution in [-0.4, -0.2) is 16.7 Å². The van der Waals surface area contributed by atoms with E-state index in [9.17, 15) is 0 Å². The van der Waals surface area contributed by atoms with Crippen LogP contribution in [-0.2, 0) is 6.42 Å². The van der Waals surface area contributed by atoms with Crippen LogP contribution in [0.4, 0.5) is 5.69 Å². The first-order chi connectivity index (χ1) is 6.45. The van der Waals surface area contributed by atoms with E-state index in [4.69, 9.17) is 0 Å². The lowest BCUT2D eigenvalue weighted by atomic mass is 10.1. The third-order valence-corrected chi connectivity index (χ3v) is 2.48. The first-order valence-corrected chi connectivity index (χ1v) is 4.42. The molecule has 0 atom stereocenters. The summed E-state index contributed by atoms with van der Waals surface area (Å²) >= 11 is 0. The average molecular weight is 171 g/mol. The monoisotopic (exact) mass is 171 g/mol. The third-order valence-electron chi connectivity index (χ3n) is 2.48. The van der Waals surface area contributed by atoms with Crippen LogP contribution in [0.15, 0.2) is 24.4 Å². The molecule has 13 heavy (non-hydrogen) atoms. The molecule has 0 radical (unpaired) electrons. The number of anilines is 1. The van der Waals surface area contributed by atoms with E-state index in [1.807, 2.05) is 6.07 Å². The molecule has 1 N–H and O–H groups in total. The molecule has 64 valence electrons. The lowest BCUT2D eigenvalue weighted by Gasteiger charge is -2.01. The number of rotatable bonds is 0. The van der Waals surface area contributed by atoms with Crippen LogP contribution >= 0.6 is 0 Å². The van der Waals surface area contributed by atoms with Gasteiger partial charge in [-0.05, 0) is 18.6 Å². The van der Waals surface area contributed by atoms with E-state index in [1.165, 1.54) is 16.6 Å². The molecule has 0 saturated heterocycles. The zero-order valence-corrected chi connectivity index (χ0v) is 7.12. The van der Waals surface area contributed by atoms with Gasteiger partial charge in [-0.2, -0.15) is 10.2 Å². The highest BCUT2D eigenvalue weighted by Crippen LogP contribution is 2.28. The fourth-order valence-corrected chi connectivity index (χ4v) is 1.85. The van der Waals surface area contributed by atoms with Gasteiger partial charge in [0.05, 0.1) is 11.7 Å². The van der Waals surface area contributed by atoms with Crippen molar-refractivity contribution < 1.29 is 0 Å². The van der Waals surface area contributed by atoms with Gasteiger partial charge in [0.15, 0.2) is 0 Å². The summed E-state index contributed by atoms with van der Waals surface area (Å²) in [5.74, 6) is 0. The number of hydrogen-bond donors (Lipinski definition) is 1. The molecule has 0 amide bonds. The van der Waals surface area contributed by atoms with E-state index < -0.39 is 0 Å². The van der Waals surface area contributed by atoms with Crippen molar-refractivity contribution in [3.63, 3.8) is 0 Å². The van der Waals surface area contributed by atoms with Crippen LogP contribution in [0.3, 0.4) is 0 Å². The highest BCUT2D eigenvalue weighted by molar-refractivity contribution is 5.87. The van der Waals surface area contributed by atoms with Crippen molar-refractivity contribution in [1.29, 1.82) is 0 Å². The van der Waals surface area contributed by atoms with Gasteiger partial charge in [0, 0.05) is 23.2 Å². The topological polar surface area (TPSA) is 37.8 Å². The maximum Gasteiger partial charge on any atom is 0.0982 e. The van der Waals surface area contributed by atoms with Crippen LogP contribution in [0.1, 0.15) is 5.56 Å². The minimum Gasteiger partial charge on any atom is -0.384 e. The molecule has 0 fully saturated rings. The minimum atomic E-state index is 1.02. The van der Waals surface area contributed by atoms with Crippen molar-refractivity contribution in [3.05, 3.63) is 30.0 Å². The van der Waals surface area contributed by atoms with Crippen molar-refractivity contribution in [2.24, 2.45) is 0 Å². The molecule has 3 rings (SSSR count). The second-order valence-electron chi connectivity index (χ2n) is 3.24. The summed E-state index contributed by atoms with van der Waals surface area (Å²) in [5, 5.41) is 12.6. The fraction of sp³-hybridized carbons (Fsp3) is 0.200. The van der Waals surface area contributed by atoms with E-state index in [0.717, 1.165) is 18.5 Å². The fourth-order valence-electron chi connectivity index (χ4n) is 1.85. The Hall–Kier alpha value is -1.64. The highest BCUT2D eigenvalue weighted by Gasteiger charge is 2.13. The third kappa shape index (κ3) is 0.900. The maximum absolute atomic E-state index is 4.16. The molecule has 0 bridgehead atoms. The van der Waals surface area contributed by atoms with Crippen molar-refractivity contribution in [2.75, 3.05) is 11.9 Å². The molecular weight excluding hydrogens is 162 g/mol. The van der Waals surface area contributed by atoms with E-state index >= 15 is 0 Å². The number of hydrogen-bond acceptors (Lipinski definition) is 3. The van der Waals surface area contributed by atoms with Gasteiger partial charge in [-0.25, -0.2) is 0 Å². The first-order valence-electron chi connectivity index (χ1n) is 4.42. The summed E-state index contributed by atoms with van der Waals surface area (Å²) in [4.78, 5) is 0. The van der Waals surface area contributed by atoms with Crippen molar-refractivity contribution in [1.82, 2.24) is 10.2 Å². The van der Waals surface area contributed by atoms with Gasteiger partial charge in [-0.15, -0.1) is 0 Å². The van der Waals surface area contributed by atoms with Crippen LogP contribution in [0.25, 0.3) is 10.9 Å². The zero-order chi connectivity index (χ0) is 8.67. The normalized spacial score (nSPS) is 14.2. The summed E-state index contributed by atoms with van der Waals surface area (Å²) in [6.45, 7) is 1.02. The van der Waals surface area contributed by atoms with Crippen molar-refractivity contribution >= 4 is 16.6 Å². The van der Waals surface area contributed by atoms with E-state index in [0.29, 0.717) is 0 Å². The lowest BCUT2D eigenvalue weighted by Crippen LogP contribution is -1.90. The number of nitrogens with one attached hydrogen (secondary N) is 1. The predicted molar refractivity (Wildman–Crippen MR) is 51.7 cm³/mol. The largest absolute Gasteiger partial charge is 0.384 e. The van der Waals surface area contributed by atoms with Crippen molar-refractivity contribution in [3.8, 4) is 0 Å². The Kier molecular flexibility index (Phi) is 1.27. The van der Waals surface area contributed by atoms with E-state index in [1.54, 1.807) is 6.20 Å². The molecular formula is C10H9N3. The summed E-state index contributed by atoms with van der Waals surface area (Å²) in [5.41, 5.74) is 3.57. The van der Waals surface area contributed by atoms with Gasteiger partial charge in [0.1, 0.15) is 0 Å². The summed E-state index contributed by atoms with van der Waals surface area (Å²) in [6.07, 6.45) is 2.79. The van der Waals surface area contributed by atoms with Gasteiger partial charge < -0.3 is 5.32 Å². The van der Waals surface area contributed by atoms with Crippen LogP contribution in [0.2, 0.25) is 0 Å².